The molecule has 1 rings (SSSR count). The molecule has 1 aromatic rings. The molecule has 0 fully saturated rings. The fourth-order valence-corrected chi connectivity index (χ4v) is 0.785. The highest BCUT2D eigenvalue weighted by Crippen LogP contribution is 2.15. The molecule has 0 heterocycles. The Balaban J connectivity index is 0. The van der Waals surface area contributed by atoms with E-state index < -0.39 is 0 Å². The van der Waals surface area contributed by atoms with Crippen LogP contribution in [0.3, 0.4) is 0 Å². The molecule has 0 aliphatic rings. The zero-order chi connectivity index (χ0) is 5.98. The van der Waals surface area contributed by atoms with Gasteiger partial charge in [0.1, 0.15) is 0 Å². The first-order valence-corrected chi connectivity index (χ1v) is 3.17. The van der Waals surface area contributed by atoms with Crippen LogP contribution in [-0.4, -0.2) is 0 Å². The molecular weight excluding hydrogens is 207 g/mol. The molecule has 10 heavy (non-hydrogen) atoms. The van der Waals surface area contributed by atoms with Crippen LogP contribution < -0.4 is 0 Å². The van der Waals surface area contributed by atoms with Gasteiger partial charge in [0.15, 0.2) is 0 Å². The summed E-state index contributed by atoms with van der Waals surface area (Å²) in [4.78, 5) is 1.85. The third-order valence-corrected chi connectivity index (χ3v) is 1.84. The third kappa shape index (κ3) is 3.62. The lowest BCUT2D eigenvalue weighted by Gasteiger charge is -1.91. The van der Waals surface area contributed by atoms with E-state index in [1.807, 2.05) is 24.3 Å². The second-order valence-electron chi connectivity index (χ2n) is 1.49. The standard InChI is InChI=1S/C6H6S2.2ClH/c7-5-3-1-2-4-6(5)8;;/h1-4,7-8H;2*1H. The molecular formula is C6H8Cl2S2. The topological polar surface area (TPSA) is 0 Å². The summed E-state index contributed by atoms with van der Waals surface area (Å²) in [6.07, 6.45) is 0. The molecule has 0 saturated carbocycles. The molecule has 0 radical (unpaired) electrons. The maximum Gasteiger partial charge on any atom is 0.0174 e. The van der Waals surface area contributed by atoms with Gasteiger partial charge in [-0.05, 0) is 12.1 Å². The summed E-state index contributed by atoms with van der Waals surface area (Å²) in [6, 6.07) is 7.68. The quantitative estimate of drug-likeness (QED) is 0.610. The van der Waals surface area contributed by atoms with E-state index in [1.165, 1.54) is 0 Å². The highest BCUT2D eigenvalue weighted by molar-refractivity contribution is 7.83. The average Bonchev–Trinajstić information content (AvgIpc) is 1.77. The monoisotopic (exact) mass is 214 g/mol. The highest BCUT2D eigenvalue weighted by Gasteiger charge is 1.86. The summed E-state index contributed by atoms with van der Waals surface area (Å²) in [5.41, 5.74) is 0. The van der Waals surface area contributed by atoms with E-state index in [9.17, 15) is 0 Å². The van der Waals surface area contributed by atoms with Crippen LogP contribution in [0.5, 0.6) is 0 Å². The molecule has 0 bridgehead atoms. The summed E-state index contributed by atoms with van der Waals surface area (Å²) < 4.78 is 0. The van der Waals surface area contributed by atoms with Crippen LogP contribution in [0.15, 0.2) is 34.1 Å². The first kappa shape index (κ1) is 13.1. The molecule has 0 aliphatic heterocycles. The number of rotatable bonds is 0. The first-order chi connectivity index (χ1) is 3.80. The van der Waals surface area contributed by atoms with Crippen LogP contribution in [-0.2, 0) is 0 Å². The molecule has 0 aliphatic carbocycles. The Bertz CT molecular complexity index is 170. The minimum Gasteiger partial charge on any atom is -0.147 e. The van der Waals surface area contributed by atoms with Crippen molar-refractivity contribution in [2.45, 2.75) is 9.79 Å². The van der Waals surface area contributed by atoms with Gasteiger partial charge in [-0.3, -0.25) is 0 Å². The van der Waals surface area contributed by atoms with Crippen molar-refractivity contribution in [2.75, 3.05) is 0 Å². The molecule has 0 nitrogen and oxygen atoms in total. The Hall–Kier alpha value is 0.500. The lowest BCUT2D eigenvalue weighted by Crippen LogP contribution is -1.65. The number of halogens is 2. The van der Waals surface area contributed by atoms with E-state index >= 15 is 0 Å². The number of hydrogen-bond acceptors (Lipinski definition) is 2. The van der Waals surface area contributed by atoms with Crippen LogP contribution >= 0.6 is 50.1 Å². The van der Waals surface area contributed by atoms with Crippen molar-refractivity contribution in [2.24, 2.45) is 0 Å². The number of thiol groups is 2. The fraction of sp³-hybridized carbons (Fsp3) is 0. The van der Waals surface area contributed by atoms with E-state index in [-0.39, 0.29) is 24.8 Å². The van der Waals surface area contributed by atoms with Gasteiger partial charge in [-0.25, -0.2) is 0 Å². The highest BCUT2D eigenvalue weighted by atomic mass is 35.5. The lowest BCUT2D eigenvalue weighted by molar-refractivity contribution is 1.27. The van der Waals surface area contributed by atoms with Crippen molar-refractivity contribution in [3.63, 3.8) is 0 Å². The maximum absolute atomic E-state index is 4.12. The number of benzene rings is 1. The summed E-state index contributed by atoms with van der Waals surface area (Å²) in [6.45, 7) is 0. The lowest BCUT2D eigenvalue weighted by atomic mass is 10.4. The minimum absolute atomic E-state index is 0. The Morgan fingerprint density at radius 1 is 0.800 bits per heavy atom. The maximum atomic E-state index is 4.12. The average molecular weight is 215 g/mol. The molecule has 0 atom stereocenters. The van der Waals surface area contributed by atoms with E-state index in [1.54, 1.807) is 0 Å². The summed E-state index contributed by atoms with van der Waals surface area (Å²) >= 11 is 8.24. The van der Waals surface area contributed by atoms with Crippen LogP contribution in [0.4, 0.5) is 0 Å². The Labute approximate surface area is 84.0 Å². The minimum atomic E-state index is 0. The molecule has 0 spiro atoms. The molecule has 58 valence electrons. The Kier molecular flexibility index (Phi) is 8.17. The van der Waals surface area contributed by atoms with Gasteiger partial charge >= 0.3 is 0 Å². The van der Waals surface area contributed by atoms with E-state index in [0.29, 0.717) is 0 Å². The van der Waals surface area contributed by atoms with E-state index in [2.05, 4.69) is 25.3 Å². The van der Waals surface area contributed by atoms with Crippen molar-refractivity contribution in [3.8, 4) is 0 Å². The smallest absolute Gasteiger partial charge is 0.0174 e. The van der Waals surface area contributed by atoms with Gasteiger partial charge in [0, 0.05) is 9.79 Å². The molecule has 0 amide bonds. The van der Waals surface area contributed by atoms with Crippen LogP contribution in [0.25, 0.3) is 0 Å². The Morgan fingerprint density at radius 3 is 1.30 bits per heavy atom. The summed E-state index contributed by atoms with van der Waals surface area (Å²) in [5, 5.41) is 0. The van der Waals surface area contributed by atoms with Gasteiger partial charge < -0.3 is 0 Å². The van der Waals surface area contributed by atoms with Gasteiger partial charge in [0.25, 0.3) is 0 Å². The van der Waals surface area contributed by atoms with Crippen LogP contribution in [0.2, 0.25) is 0 Å². The van der Waals surface area contributed by atoms with Crippen molar-refractivity contribution >= 4 is 50.1 Å². The fourth-order valence-electron chi connectivity index (χ4n) is 0.464. The van der Waals surface area contributed by atoms with Gasteiger partial charge in [0.05, 0.1) is 0 Å². The van der Waals surface area contributed by atoms with E-state index in [4.69, 9.17) is 0 Å². The van der Waals surface area contributed by atoms with Gasteiger partial charge in [-0.2, -0.15) is 0 Å². The second-order valence-corrected chi connectivity index (χ2v) is 2.45. The molecule has 0 saturated heterocycles. The van der Waals surface area contributed by atoms with Crippen molar-refractivity contribution < 1.29 is 0 Å². The van der Waals surface area contributed by atoms with Crippen molar-refractivity contribution in [3.05, 3.63) is 24.3 Å². The molecule has 4 heteroatoms. The van der Waals surface area contributed by atoms with E-state index in [0.717, 1.165) is 9.79 Å². The predicted molar refractivity (Wildman–Crippen MR) is 55.4 cm³/mol. The van der Waals surface area contributed by atoms with Crippen LogP contribution in [0, 0.1) is 0 Å². The third-order valence-electron chi connectivity index (χ3n) is 0.882. The van der Waals surface area contributed by atoms with Gasteiger partial charge in [-0.15, -0.1) is 50.1 Å². The van der Waals surface area contributed by atoms with Gasteiger partial charge in [0.2, 0.25) is 0 Å². The Morgan fingerprint density at radius 2 is 1.10 bits per heavy atom. The molecule has 0 unspecified atom stereocenters. The first-order valence-electron chi connectivity index (χ1n) is 2.27. The summed E-state index contributed by atoms with van der Waals surface area (Å²) in [5.74, 6) is 0. The zero-order valence-corrected chi connectivity index (χ0v) is 8.44. The number of hydrogen-bond donors (Lipinski definition) is 2. The molecule has 0 N–H and O–H groups in total. The zero-order valence-electron chi connectivity index (χ0n) is 5.02. The predicted octanol–water partition coefficient (Wildman–Crippen LogP) is 3.11. The molecule has 0 aromatic heterocycles. The SMILES string of the molecule is Cl.Cl.Sc1ccccc1S. The normalized spacial score (nSPS) is 7.40. The largest absolute Gasteiger partial charge is 0.147 e. The second kappa shape index (κ2) is 6.23. The van der Waals surface area contributed by atoms with Crippen molar-refractivity contribution in [1.82, 2.24) is 0 Å². The summed E-state index contributed by atoms with van der Waals surface area (Å²) in [7, 11) is 0. The van der Waals surface area contributed by atoms with Crippen molar-refractivity contribution in [1.29, 1.82) is 0 Å². The van der Waals surface area contributed by atoms with Crippen LogP contribution in [0.1, 0.15) is 0 Å². The van der Waals surface area contributed by atoms with Gasteiger partial charge in [-0.1, -0.05) is 12.1 Å². The molecule has 1 aromatic carbocycles.